The quantitative estimate of drug-likeness (QED) is 0.447. The van der Waals surface area contributed by atoms with Crippen molar-refractivity contribution in [3.8, 4) is 0 Å². The highest BCUT2D eigenvalue weighted by atomic mass is 35.5. The molecule has 0 aliphatic carbocycles. The minimum absolute atomic E-state index is 0.00207. The minimum Gasteiger partial charge on any atom is -0.336 e. The summed E-state index contributed by atoms with van der Waals surface area (Å²) in [5.41, 5.74) is 2.31. The number of hydrogen-bond donors (Lipinski definition) is 1. The molecule has 4 aromatic rings. The van der Waals surface area contributed by atoms with Gasteiger partial charge in [0.15, 0.2) is 0 Å². The van der Waals surface area contributed by atoms with Gasteiger partial charge in [-0.05, 0) is 56.3 Å². The van der Waals surface area contributed by atoms with Crippen molar-refractivity contribution in [3.05, 3.63) is 99.3 Å². The molecule has 1 N–H and O–H groups in total. The van der Waals surface area contributed by atoms with Crippen molar-refractivity contribution in [1.82, 2.24) is 4.57 Å². The SMILES string of the molecule is Cc1ccc(NC(=O)Cn2cc(S(=O)(=O)c3ccc(C)cc3)c(=O)c3cc(Cl)ccc32)cc1. The number of benzene rings is 3. The second-order valence-electron chi connectivity index (χ2n) is 7.84. The first-order chi connectivity index (χ1) is 15.6. The van der Waals surface area contributed by atoms with Crippen LogP contribution in [0.1, 0.15) is 11.1 Å². The largest absolute Gasteiger partial charge is 0.336 e. The topological polar surface area (TPSA) is 85.2 Å². The molecule has 0 spiro atoms. The first kappa shape index (κ1) is 22.8. The predicted octanol–water partition coefficient (Wildman–Crippen LogP) is 4.74. The number of carbonyl (C=O) groups excluding carboxylic acids is 1. The second kappa shape index (κ2) is 8.84. The van der Waals surface area contributed by atoms with E-state index in [-0.39, 0.29) is 22.7 Å². The maximum absolute atomic E-state index is 13.3. The molecule has 33 heavy (non-hydrogen) atoms. The Hall–Kier alpha value is -3.42. The molecule has 168 valence electrons. The monoisotopic (exact) mass is 480 g/mol. The molecule has 0 fully saturated rings. The number of sulfone groups is 1. The molecule has 0 atom stereocenters. The molecular weight excluding hydrogens is 460 g/mol. The summed E-state index contributed by atoms with van der Waals surface area (Å²) in [6, 6.07) is 18.2. The molecule has 0 aliphatic heterocycles. The van der Waals surface area contributed by atoms with Crippen LogP contribution in [-0.2, 0) is 21.2 Å². The molecule has 0 radical (unpaired) electrons. The number of hydrogen-bond acceptors (Lipinski definition) is 4. The summed E-state index contributed by atoms with van der Waals surface area (Å²) < 4.78 is 28.1. The molecule has 0 saturated carbocycles. The van der Waals surface area contributed by atoms with Gasteiger partial charge in [0.05, 0.1) is 10.4 Å². The fourth-order valence-corrected chi connectivity index (χ4v) is 5.04. The van der Waals surface area contributed by atoms with Crippen LogP contribution < -0.4 is 10.7 Å². The van der Waals surface area contributed by atoms with Crippen LogP contribution in [0.2, 0.25) is 5.02 Å². The van der Waals surface area contributed by atoms with Crippen LogP contribution in [0.4, 0.5) is 5.69 Å². The van der Waals surface area contributed by atoms with E-state index in [9.17, 15) is 18.0 Å². The van der Waals surface area contributed by atoms with Gasteiger partial charge in [-0.3, -0.25) is 9.59 Å². The molecule has 1 heterocycles. The zero-order valence-electron chi connectivity index (χ0n) is 18.0. The van der Waals surface area contributed by atoms with Crippen LogP contribution in [0.25, 0.3) is 10.9 Å². The van der Waals surface area contributed by atoms with E-state index in [1.165, 1.54) is 29.0 Å². The number of aryl methyl sites for hydroxylation is 2. The van der Waals surface area contributed by atoms with Gasteiger partial charge in [0.2, 0.25) is 21.2 Å². The number of aromatic nitrogens is 1. The highest BCUT2D eigenvalue weighted by Gasteiger charge is 2.24. The van der Waals surface area contributed by atoms with Gasteiger partial charge < -0.3 is 9.88 Å². The van der Waals surface area contributed by atoms with Gasteiger partial charge in [0.25, 0.3) is 0 Å². The summed E-state index contributed by atoms with van der Waals surface area (Å²) >= 11 is 6.09. The standard InChI is InChI=1S/C25H21ClN2O4S/c1-16-3-8-19(9-4-16)27-24(29)15-28-14-23(25(30)21-13-18(26)7-12-22(21)28)33(31,32)20-10-5-17(2)6-11-20/h3-14H,15H2,1-2H3,(H,27,29). The third kappa shape index (κ3) is 4.69. The van der Waals surface area contributed by atoms with E-state index in [1.807, 2.05) is 26.0 Å². The van der Waals surface area contributed by atoms with E-state index in [4.69, 9.17) is 11.6 Å². The van der Waals surface area contributed by atoms with Crippen LogP contribution in [0.15, 0.2) is 87.5 Å². The number of nitrogens with zero attached hydrogens (tertiary/aromatic N) is 1. The lowest BCUT2D eigenvalue weighted by Crippen LogP contribution is -2.24. The van der Waals surface area contributed by atoms with Gasteiger partial charge >= 0.3 is 0 Å². The molecule has 8 heteroatoms. The number of halogens is 1. The maximum Gasteiger partial charge on any atom is 0.244 e. The van der Waals surface area contributed by atoms with Gasteiger partial charge in [0, 0.05) is 22.3 Å². The summed E-state index contributed by atoms with van der Waals surface area (Å²) in [4.78, 5) is 25.5. The minimum atomic E-state index is -4.12. The van der Waals surface area contributed by atoms with Gasteiger partial charge in [-0.1, -0.05) is 47.0 Å². The average molecular weight is 481 g/mol. The van der Waals surface area contributed by atoms with E-state index in [0.29, 0.717) is 16.2 Å². The van der Waals surface area contributed by atoms with Crippen molar-refractivity contribution in [3.63, 3.8) is 0 Å². The normalized spacial score (nSPS) is 11.5. The Kier molecular flexibility index (Phi) is 6.10. The zero-order chi connectivity index (χ0) is 23.8. The number of pyridine rings is 1. The third-order valence-corrected chi connectivity index (χ3v) is 7.28. The van der Waals surface area contributed by atoms with Crippen molar-refractivity contribution in [2.45, 2.75) is 30.2 Å². The lowest BCUT2D eigenvalue weighted by atomic mass is 10.2. The predicted molar refractivity (Wildman–Crippen MR) is 130 cm³/mol. The van der Waals surface area contributed by atoms with Crippen molar-refractivity contribution in [1.29, 1.82) is 0 Å². The molecule has 0 bridgehead atoms. The molecule has 0 saturated heterocycles. The number of anilines is 1. The Labute approximate surface area is 196 Å². The summed E-state index contributed by atoms with van der Waals surface area (Å²) in [5, 5.41) is 3.21. The summed E-state index contributed by atoms with van der Waals surface area (Å²) in [5.74, 6) is -0.363. The highest BCUT2D eigenvalue weighted by molar-refractivity contribution is 7.91. The van der Waals surface area contributed by atoms with Gasteiger partial charge in [-0.25, -0.2) is 8.42 Å². The van der Waals surface area contributed by atoms with Gasteiger partial charge in [-0.2, -0.15) is 0 Å². The molecule has 1 aromatic heterocycles. The number of nitrogens with one attached hydrogen (secondary N) is 1. The van der Waals surface area contributed by atoms with Crippen LogP contribution in [0.3, 0.4) is 0 Å². The second-order valence-corrected chi connectivity index (χ2v) is 10.2. The lowest BCUT2D eigenvalue weighted by Gasteiger charge is -2.14. The average Bonchev–Trinajstić information content (AvgIpc) is 2.77. The van der Waals surface area contributed by atoms with Crippen molar-refractivity contribution >= 4 is 43.9 Å². The Balaban J connectivity index is 1.81. The van der Waals surface area contributed by atoms with E-state index < -0.39 is 20.2 Å². The Bertz CT molecular complexity index is 1520. The molecule has 0 aliphatic rings. The molecule has 0 unspecified atom stereocenters. The Morgan fingerprint density at radius 2 is 1.55 bits per heavy atom. The number of amides is 1. The van der Waals surface area contributed by atoms with E-state index >= 15 is 0 Å². The van der Waals surface area contributed by atoms with Gasteiger partial charge in [0.1, 0.15) is 11.4 Å². The number of fused-ring (bicyclic) bond motifs is 1. The first-order valence-corrected chi connectivity index (χ1v) is 12.0. The smallest absolute Gasteiger partial charge is 0.244 e. The van der Waals surface area contributed by atoms with Crippen LogP contribution in [-0.4, -0.2) is 18.9 Å². The van der Waals surface area contributed by atoms with E-state index in [0.717, 1.165) is 11.1 Å². The molecule has 6 nitrogen and oxygen atoms in total. The first-order valence-electron chi connectivity index (χ1n) is 10.2. The summed E-state index contributed by atoms with van der Waals surface area (Å²) in [7, 11) is -4.12. The fraction of sp³-hybridized carbons (Fsp3) is 0.120. The van der Waals surface area contributed by atoms with Crippen molar-refractivity contribution in [2.75, 3.05) is 5.32 Å². The van der Waals surface area contributed by atoms with Crippen LogP contribution >= 0.6 is 11.6 Å². The fourth-order valence-electron chi connectivity index (χ4n) is 3.50. The maximum atomic E-state index is 13.3. The summed E-state index contributed by atoms with van der Waals surface area (Å²) in [6.45, 7) is 3.59. The summed E-state index contributed by atoms with van der Waals surface area (Å²) in [6.07, 6.45) is 1.22. The zero-order valence-corrected chi connectivity index (χ0v) is 19.6. The van der Waals surface area contributed by atoms with E-state index in [1.54, 1.807) is 36.4 Å². The lowest BCUT2D eigenvalue weighted by molar-refractivity contribution is -0.116. The van der Waals surface area contributed by atoms with Crippen LogP contribution in [0, 0.1) is 13.8 Å². The molecule has 4 rings (SSSR count). The third-order valence-electron chi connectivity index (χ3n) is 5.28. The van der Waals surface area contributed by atoms with E-state index in [2.05, 4.69) is 5.32 Å². The highest BCUT2D eigenvalue weighted by Crippen LogP contribution is 2.23. The van der Waals surface area contributed by atoms with Crippen molar-refractivity contribution < 1.29 is 13.2 Å². The molecule has 3 aromatic carbocycles. The Morgan fingerprint density at radius 3 is 2.18 bits per heavy atom. The number of carbonyl (C=O) groups is 1. The number of rotatable bonds is 5. The molecular formula is C25H21ClN2O4S. The Morgan fingerprint density at radius 1 is 0.939 bits per heavy atom. The van der Waals surface area contributed by atoms with Crippen LogP contribution in [0.5, 0.6) is 0 Å². The molecule has 1 amide bonds. The van der Waals surface area contributed by atoms with Gasteiger partial charge in [-0.15, -0.1) is 0 Å². The van der Waals surface area contributed by atoms with Crippen molar-refractivity contribution in [2.24, 2.45) is 0 Å².